The molecule has 170 valence electrons. The number of likely N-dealkylation sites (tertiary alicyclic amines) is 1. The Morgan fingerprint density at radius 1 is 1.28 bits per heavy atom. The van der Waals surface area contributed by atoms with Gasteiger partial charge in [0.1, 0.15) is 12.4 Å². The lowest BCUT2D eigenvalue weighted by Crippen LogP contribution is -2.36. The molecule has 1 saturated heterocycles. The van der Waals surface area contributed by atoms with Crippen molar-refractivity contribution in [3.63, 3.8) is 0 Å². The van der Waals surface area contributed by atoms with Gasteiger partial charge in [-0.25, -0.2) is 17.9 Å². The van der Waals surface area contributed by atoms with E-state index in [9.17, 15) is 18.5 Å². The summed E-state index contributed by atoms with van der Waals surface area (Å²) >= 11 is 6.53. The van der Waals surface area contributed by atoms with Crippen LogP contribution in [0.2, 0.25) is 0 Å². The van der Waals surface area contributed by atoms with Crippen LogP contribution in [0.1, 0.15) is 6.42 Å². The summed E-state index contributed by atoms with van der Waals surface area (Å²) in [6.07, 6.45) is 1.66. The number of amides is 1. The smallest absolute Gasteiger partial charge is 0.411 e. The van der Waals surface area contributed by atoms with Crippen LogP contribution < -0.4 is 14.8 Å². The number of halogens is 2. The largest absolute Gasteiger partial charge is 0.497 e. The maximum absolute atomic E-state index is 12.8. The lowest BCUT2D eigenvalue weighted by Gasteiger charge is -2.17. The summed E-state index contributed by atoms with van der Waals surface area (Å²) in [6, 6.07) is 10.7. The van der Waals surface area contributed by atoms with Crippen molar-refractivity contribution in [3.05, 3.63) is 51.4 Å². The third-order valence-corrected chi connectivity index (χ3v) is 7.78. The van der Waals surface area contributed by atoms with Gasteiger partial charge in [-0.1, -0.05) is 22.0 Å². The number of hydrogen-bond donors (Lipinski definition) is 2. The molecule has 1 fully saturated rings. The van der Waals surface area contributed by atoms with Crippen molar-refractivity contribution in [1.82, 2.24) is 9.62 Å². The van der Waals surface area contributed by atoms with E-state index in [-0.39, 0.29) is 18.0 Å². The first-order valence-corrected chi connectivity index (χ1v) is 12.5. The highest BCUT2D eigenvalue weighted by molar-refractivity contribution is 9.11. The topological polar surface area (TPSA) is 121 Å². The molecule has 1 aliphatic heterocycles. The highest BCUT2D eigenvalue weighted by atomic mass is 79.9. The summed E-state index contributed by atoms with van der Waals surface area (Å²) < 4.78 is 39.7. The van der Waals surface area contributed by atoms with Crippen LogP contribution in [0.4, 0.5) is 10.5 Å². The van der Waals surface area contributed by atoms with Crippen LogP contribution in [-0.4, -0.2) is 51.8 Å². The van der Waals surface area contributed by atoms with E-state index < -0.39 is 28.2 Å². The van der Waals surface area contributed by atoms with Crippen molar-refractivity contribution < 1.29 is 22.7 Å². The van der Waals surface area contributed by atoms with Gasteiger partial charge < -0.3 is 14.4 Å². The summed E-state index contributed by atoms with van der Waals surface area (Å²) in [4.78, 5) is 13.6. The normalized spacial score (nSPS) is 18.1. The summed E-state index contributed by atoms with van der Waals surface area (Å²) in [5.74, 6) is 0.585. The average molecular weight is 588 g/mol. The molecule has 12 heteroatoms. The second-order valence-corrected chi connectivity index (χ2v) is 10.4. The van der Waals surface area contributed by atoms with Gasteiger partial charge in [-0.2, -0.15) is 5.26 Å². The van der Waals surface area contributed by atoms with Gasteiger partial charge in [-0.15, -0.1) is 0 Å². The average Bonchev–Trinajstić information content (AvgIpc) is 3.15. The second kappa shape index (κ2) is 10.5. The Hall–Kier alpha value is -2.33. The van der Waals surface area contributed by atoms with Crippen molar-refractivity contribution in [2.45, 2.75) is 23.4 Å². The minimum atomic E-state index is -3.83. The number of nitrogens with one attached hydrogen (secondary N) is 2. The van der Waals surface area contributed by atoms with Gasteiger partial charge in [0.05, 0.1) is 18.0 Å². The fraction of sp³-hybridized carbons (Fsp3) is 0.300. The minimum absolute atomic E-state index is 0.0673. The SMILES string of the molecule is COc1cccc(NC(=O)OC[C@H]2C[C@@H](NS(=O)(=O)c3cc(Br)ccc3Br)CN2C#N)c1. The Balaban J connectivity index is 1.59. The second-order valence-electron chi connectivity index (χ2n) is 6.99. The number of nitriles is 1. The summed E-state index contributed by atoms with van der Waals surface area (Å²) in [5.41, 5.74) is 0.503. The Labute approximate surface area is 203 Å². The molecule has 1 heterocycles. The van der Waals surface area contributed by atoms with E-state index in [2.05, 4.69) is 41.9 Å². The number of benzene rings is 2. The molecule has 0 aliphatic carbocycles. The third kappa shape index (κ3) is 6.13. The fourth-order valence-electron chi connectivity index (χ4n) is 3.28. The Kier molecular flexibility index (Phi) is 8.00. The number of ether oxygens (including phenoxy) is 2. The maximum Gasteiger partial charge on any atom is 0.411 e. The lowest BCUT2D eigenvalue weighted by molar-refractivity contribution is 0.134. The molecule has 0 bridgehead atoms. The number of hydrogen-bond acceptors (Lipinski definition) is 7. The molecule has 3 rings (SSSR count). The van der Waals surface area contributed by atoms with E-state index >= 15 is 0 Å². The molecule has 1 aliphatic rings. The van der Waals surface area contributed by atoms with Gasteiger partial charge in [0, 0.05) is 33.3 Å². The molecule has 0 spiro atoms. The Bertz CT molecular complexity index is 1140. The molecule has 0 saturated carbocycles. The molecular weight excluding hydrogens is 568 g/mol. The molecule has 0 radical (unpaired) electrons. The first-order valence-electron chi connectivity index (χ1n) is 9.43. The number of methoxy groups -OCH3 is 1. The number of anilines is 1. The van der Waals surface area contributed by atoms with Gasteiger partial charge in [0.15, 0.2) is 6.19 Å². The maximum atomic E-state index is 12.8. The summed E-state index contributed by atoms with van der Waals surface area (Å²) in [6.45, 7) is 0.106. The van der Waals surface area contributed by atoms with Gasteiger partial charge in [-0.05, 0) is 52.7 Å². The summed E-state index contributed by atoms with van der Waals surface area (Å²) in [5, 5.41) is 12.0. The van der Waals surface area contributed by atoms with Crippen LogP contribution in [0.5, 0.6) is 5.75 Å². The highest BCUT2D eigenvalue weighted by Crippen LogP contribution is 2.27. The molecule has 0 aromatic heterocycles. The number of nitrogens with zero attached hydrogens (tertiary/aromatic N) is 2. The van der Waals surface area contributed by atoms with E-state index in [1.807, 2.05) is 6.19 Å². The van der Waals surface area contributed by atoms with Crippen molar-refractivity contribution in [3.8, 4) is 11.9 Å². The zero-order valence-electron chi connectivity index (χ0n) is 16.9. The molecule has 2 aromatic carbocycles. The molecule has 2 N–H and O–H groups in total. The zero-order valence-corrected chi connectivity index (χ0v) is 20.9. The van der Waals surface area contributed by atoms with E-state index in [1.54, 1.807) is 36.4 Å². The quantitative estimate of drug-likeness (QED) is 0.474. The number of sulfonamides is 1. The summed E-state index contributed by atoms with van der Waals surface area (Å²) in [7, 11) is -2.30. The molecule has 2 aromatic rings. The predicted octanol–water partition coefficient (Wildman–Crippen LogP) is 3.67. The van der Waals surface area contributed by atoms with E-state index in [0.717, 1.165) is 0 Å². The van der Waals surface area contributed by atoms with Gasteiger partial charge >= 0.3 is 6.09 Å². The molecule has 1 amide bonds. The van der Waals surface area contributed by atoms with Gasteiger partial charge in [0.2, 0.25) is 10.0 Å². The molecule has 32 heavy (non-hydrogen) atoms. The van der Waals surface area contributed by atoms with Gasteiger partial charge in [-0.3, -0.25) is 5.32 Å². The van der Waals surface area contributed by atoms with E-state index in [0.29, 0.717) is 26.8 Å². The minimum Gasteiger partial charge on any atom is -0.497 e. The van der Waals surface area contributed by atoms with E-state index in [1.165, 1.54) is 18.1 Å². The van der Waals surface area contributed by atoms with Crippen LogP contribution in [0.15, 0.2) is 56.3 Å². The zero-order chi connectivity index (χ0) is 23.3. The monoisotopic (exact) mass is 586 g/mol. The molecular formula is C20H20Br2N4O5S. The van der Waals surface area contributed by atoms with Crippen LogP contribution in [0.25, 0.3) is 0 Å². The molecule has 2 atom stereocenters. The van der Waals surface area contributed by atoms with Crippen LogP contribution >= 0.6 is 31.9 Å². The van der Waals surface area contributed by atoms with Crippen LogP contribution in [0, 0.1) is 11.5 Å². The first kappa shape index (κ1) is 24.3. The van der Waals surface area contributed by atoms with Crippen molar-refractivity contribution in [1.29, 1.82) is 5.26 Å². The van der Waals surface area contributed by atoms with Crippen LogP contribution in [-0.2, 0) is 14.8 Å². The third-order valence-electron chi connectivity index (χ3n) is 4.77. The Morgan fingerprint density at radius 3 is 2.78 bits per heavy atom. The molecule has 9 nitrogen and oxygen atoms in total. The van der Waals surface area contributed by atoms with Gasteiger partial charge in [0.25, 0.3) is 0 Å². The standard InChI is InChI=1S/C20H20Br2N4O5S/c1-30-17-4-2-3-14(9-17)24-20(27)31-11-16-8-15(10-26(16)12-23)25-32(28,29)19-7-13(21)5-6-18(19)22/h2-7,9,15-16,25H,8,10-11H2,1H3,(H,24,27)/t15-,16-/m1/s1. The number of carbonyl (C=O) groups excluding carboxylic acids is 1. The van der Waals surface area contributed by atoms with E-state index in [4.69, 9.17) is 9.47 Å². The Morgan fingerprint density at radius 2 is 2.06 bits per heavy atom. The first-order chi connectivity index (χ1) is 15.2. The number of carbonyl (C=O) groups is 1. The van der Waals surface area contributed by atoms with Crippen molar-refractivity contribution >= 4 is 53.7 Å². The molecule has 0 unspecified atom stereocenters. The lowest BCUT2D eigenvalue weighted by atomic mass is 10.2. The van der Waals surface area contributed by atoms with Crippen LogP contribution in [0.3, 0.4) is 0 Å². The predicted molar refractivity (Wildman–Crippen MR) is 125 cm³/mol. The fourth-order valence-corrected chi connectivity index (χ4v) is 6.02. The van der Waals surface area contributed by atoms with Crippen molar-refractivity contribution in [2.24, 2.45) is 0 Å². The number of rotatable bonds is 7. The highest BCUT2D eigenvalue weighted by Gasteiger charge is 2.35. The van der Waals surface area contributed by atoms with Crippen molar-refractivity contribution in [2.75, 3.05) is 25.6 Å².